The lowest BCUT2D eigenvalue weighted by Gasteiger charge is -2.50. The van der Waals surface area contributed by atoms with Crippen LogP contribution in [0.4, 0.5) is 0 Å². The summed E-state index contributed by atoms with van der Waals surface area (Å²) in [5.74, 6) is 0.808. The maximum absolute atomic E-state index is 11.1. The third-order valence-corrected chi connectivity index (χ3v) is 4.94. The Balaban J connectivity index is 2.87. The van der Waals surface area contributed by atoms with Crippen LogP contribution in [0.3, 0.4) is 0 Å². The van der Waals surface area contributed by atoms with E-state index in [1.54, 1.807) is 0 Å². The normalized spacial score (nSPS) is 30.5. The number of hydrogen-bond acceptors (Lipinski definition) is 2. The Bertz CT molecular complexity index is 213. The Labute approximate surface area is 107 Å². The zero-order valence-electron chi connectivity index (χ0n) is 12.0. The molecule has 1 fully saturated rings. The zero-order chi connectivity index (χ0) is 12.9. The molecule has 0 aromatic carbocycles. The first-order valence-electron chi connectivity index (χ1n) is 7.46. The summed E-state index contributed by atoms with van der Waals surface area (Å²) >= 11 is 0. The highest BCUT2D eigenvalue weighted by Crippen LogP contribution is 2.49. The first kappa shape index (κ1) is 15.0. The van der Waals surface area contributed by atoms with Gasteiger partial charge in [0, 0.05) is 12.0 Å². The lowest BCUT2D eigenvalue weighted by atomic mass is 9.59. The second-order valence-electron chi connectivity index (χ2n) is 6.20. The molecule has 1 aliphatic rings. The van der Waals surface area contributed by atoms with Gasteiger partial charge in [-0.15, -0.1) is 0 Å². The van der Waals surface area contributed by atoms with Crippen LogP contribution in [0.15, 0.2) is 0 Å². The van der Waals surface area contributed by atoms with Crippen LogP contribution in [0.1, 0.15) is 72.1 Å². The summed E-state index contributed by atoms with van der Waals surface area (Å²) < 4.78 is 0. The van der Waals surface area contributed by atoms with Gasteiger partial charge in [0.1, 0.15) is 0 Å². The Morgan fingerprint density at radius 3 is 2.00 bits per heavy atom. The second-order valence-corrected chi connectivity index (χ2v) is 6.20. The van der Waals surface area contributed by atoms with Crippen LogP contribution in [0.2, 0.25) is 0 Å². The molecule has 1 rings (SSSR count). The molecule has 17 heavy (non-hydrogen) atoms. The van der Waals surface area contributed by atoms with Crippen LogP contribution in [0, 0.1) is 11.3 Å². The topological polar surface area (TPSA) is 46.2 Å². The van der Waals surface area contributed by atoms with Gasteiger partial charge in [0.15, 0.2) is 0 Å². The molecule has 0 heterocycles. The average Bonchev–Trinajstić information content (AvgIpc) is 2.31. The molecule has 102 valence electrons. The van der Waals surface area contributed by atoms with E-state index in [0.717, 1.165) is 44.4 Å². The molecular weight excluding hydrogens is 210 g/mol. The van der Waals surface area contributed by atoms with Gasteiger partial charge in [-0.1, -0.05) is 46.5 Å². The van der Waals surface area contributed by atoms with E-state index in [-0.39, 0.29) is 5.41 Å². The maximum atomic E-state index is 11.1. The van der Waals surface area contributed by atoms with Gasteiger partial charge in [0.05, 0.1) is 5.60 Å². The van der Waals surface area contributed by atoms with E-state index in [9.17, 15) is 5.11 Å². The van der Waals surface area contributed by atoms with Gasteiger partial charge >= 0.3 is 0 Å². The summed E-state index contributed by atoms with van der Waals surface area (Å²) in [7, 11) is 0. The minimum absolute atomic E-state index is 0.00840. The molecular formula is C15H31NO. The van der Waals surface area contributed by atoms with Gasteiger partial charge in [-0.05, 0) is 31.6 Å². The van der Waals surface area contributed by atoms with Gasteiger partial charge in [-0.3, -0.25) is 0 Å². The van der Waals surface area contributed by atoms with Crippen molar-refractivity contribution < 1.29 is 5.11 Å². The molecule has 2 nitrogen and oxygen atoms in total. The summed E-state index contributed by atoms with van der Waals surface area (Å²) in [4.78, 5) is 0. The zero-order valence-corrected chi connectivity index (χ0v) is 12.0. The fourth-order valence-corrected chi connectivity index (χ4v) is 3.66. The third-order valence-electron chi connectivity index (χ3n) is 4.94. The quantitative estimate of drug-likeness (QED) is 0.748. The Morgan fingerprint density at radius 2 is 1.65 bits per heavy atom. The van der Waals surface area contributed by atoms with Crippen molar-refractivity contribution in [3.05, 3.63) is 0 Å². The van der Waals surface area contributed by atoms with Crippen LogP contribution in [-0.4, -0.2) is 17.3 Å². The fourth-order valence-electron chi connectivity index (χ4n) is 3.66. The molecule has 0 bridgehead atoms. The van der Waals surface area contributed by atoms with Crippen LogP contribution < -0.4 is 5.73 Å². The summed E-state index contributed by atoms with van der Waals surface area (Å²) in [6.45, 7) is 7.29. The highest BCUT2D eigenvalue weighted by Gasteiger charge is 2.48. The van der Waals surface area contributed by atoms with E-state index in [0.29, 0.717) is 6.54 Å². The third kappa shape index (κ3) is 3.03. The maximum Gasteiger partial charge on any atom is 0.0715 e. The molecule has 1 aliphatic carbocycles. The standard InChI is InChI=1S/C15H31NO/c1-4-8-15(17,9-5-2)14(12-16)10-6-13(3)7-11-14/h13,17H,4-12,16H2,1-3H3. The summed E-state index contributed by atoms with van der Waals surface area (Å²) in [5.41, 5.74) is 5.54. The monoisotopic (exact) mass is 241 g/mol. The molecule has 0 spiro atoms. The molecule has 0 atom stereocenters. The molecule has 0 saturated heterocycles. The van der Waals surface area contributed by atoms with Crippen LogP contribution >= 0.6 is 0 Å². The summed E-state index contributed by atoms with van der Waals surface area (Å²) in [6, 6.07) is 0. The lowest BCUT2D eigenvalue weighted by molar-refractivity contribution is -0.115. The van der Waals surface area contributed by atoms with Crippen molar-refractivity contribution in [1.29, 1.82) is 0 Å². The van der Waals surface area contributed by atoms with Gasteiger partial charge < -0.3 is 10.8 Å². The van der Waals surface area contributed by atoms with Crippen molar-refractivity contribution >= 4 is 0 Å². The van der Waals surface area contributed by atoms with E-state index in [1.165, 1.54) is 12.8 Å². The molecule has 2 heteroatoms. The van der Waals surface area contributed by atoms with Gasteiger partial charge in [-0.25, -0.2) is 0 Å². The van der Waals surface area contributed by atoms with Crippen molar-refractivity contribution in [1.82, 2.24) is 0 Å². The van der Waals surface area contributed by atoms with Gasteiger partial charge in [0.2, 0.25) is 0 Å². The molecule has 0 aliphatic heterocycles. The largest absolute Gasteiger partial charge is 0.389 e. The van der Waals surface area contributed by atoms with Gasteiger partial charge in [0.25, 0.3) is 0 Å². The number of aliphatic hydroxyl groups is 1. The number of nitrogens with two attached hydrogens (primary N) is 1. The minimum Gasteiger partial charge on any atom is -0.389 e. The Hall–Kier alpha value is -0.0800. The highest BCUT2D eigenvalue weighted by atomic mass is 16.3. The smallest absolute Gasteiger partial charge is 0.0715 e. The highest BCUT2D eigenvalue weighted by molar-refractivity contribution is 5.01. The van der Waals surface area contributed by atoms with Gasteiger partial charge in [-0.2, -0.15) is 0 Å². The van der Waals surface area contributed by atoms with Crippen molar-refractivity contribution in [3.8, 4) is 0 Å². The van der Waals surface area contributed by atoms with Crippen molar-refractivity contribution in [3.63, 3.8) is 0 Å². The van der Waals surface area contributed by atoms with Crippen LogP contribution in [0.5, 0.6) is 0 Å². The minimum atomic E-state index is -0.522. The van der Waals surface area contributed by atoms with Crippen molar-refractivity contribution in [2.45, 2.75) is 77.7 Å². The second kappa shape index (κ2) is 6.19. The predicted molar refractivity (Wildman–Crippen MR) is 73.9 cm³/mol. The van der Waals surface area contributed by atoms with E-state index in [2.05, 4.69) is 20.8 Å². The molecule has 0 radical (unpaired) electrons. The van der Waals surface area contributed by atoms with Crippen LogP contribution in [-0.2, 0) is 0 Å². The molecule has 0 amide bonds. The Morgan fingerprint density at radius 1 is 1.18 bits per heavy atom. The van der Waals surface area contributed by atoms with Crippen LogP contribution in [0.25, 0.3) is 0 Å². The molecule has 1 saturated carbocycles. The van der Waals surface area contributed by atoms with Crippen molar-refractivity contribution in [2.75, 3.05) is 6.54 Å². The molecule has 0 unspecified atom stereocenters. The fraction of sp³-hybridized carbons (Fsp3) is 1.00. The Kier molecular flexibility index (Phi) is 5.46. The molecule has 0 aromatic rings. The van der Waals surface area contributed by atoms with E-state index >= 15 is 0 Å². The van der Waals surface area contributed by atoms with Crippen molar-refractivity contribution in [2.24, 2.45) is 17.1 Å². The first-order valence-corrected chi connectivity index (χ1v) is 7.46. The first-order chi connectivity index (χ1) is 8.03. The SMILES string of the molecule is CCCC(O)(CCC)C1(CN)CCC(C)CC1. The van der Waals surface area contributed by atoms with E-state index in [1.807, 2.05) is 0 Å². The lowest BCUT2D eigenvalue weighted by Crippen LogP contribution is -2.54. The predicted octanol–water partition coefficient (Wildman–Crippen LogP) is 3.47. The van der Waals surface area contributed by atoms with E-state index < -0.39 is 5.60 Å². The number of hydrogen-bond donors (Lipinski definition) is 2. The molecule has 3 N–H and O–H groups in total. The molecule has 0 aromatic heterocycles. The number of rotatable bonds is 6. The summed E-state index contributed by atoms with van der Waals surface area (Å²) in [6.07, 6.45) is 8.60. The summed E-state index contributed by atoms with van der Waals surface area (Å²) in [5, 5.41) is 11.1. The average molecular weight is 241 g/mol. The van der Waals surface area contributed by atoms with E-state index in [4.69, 9.17) is 5.73 Å².